The second-order valence-corrected chi connectivity index (χ2v) is 10.0. The Kier molecular flexibility index (Phi) is 9.38. The van der Waals surface area contributed by atoms with Crippen LogP contribution in [0, 0.1) is 0 Å². The maximum absolute atomic E-state index is 13.3. The number of tetrazole rings is 1. The van der Waals surface area contributed by atoms with Crippen LogP contribution in [-0.4, -0.2) is 38.6 Å². The van der Waals surface area contributed by atoms with Gasteiger partial charge in [0.15, 0.2) is 5.82 Å². The van der Waals surface area contributed by atoms with Gasteiger partial charge in [-0.25, -0.2) is 0 Å². The van der Waals surface area contributed by atoms with E-state index in [2.05, 4.69) is 26.2 Å². The summed E-state index contributed by atoms with van der Waals surface area (Å²) in [6.07, 6.45) is 1.63. The Morgan fingerprint density at radius 2 is 1.57 bits per heavy atom. The van der Waals surface area contributed by atoms with E-state index in [9.17, 15) is 9.59 Å². The van der Waals surface area contributed by atoms with Gasteiger partial charge in [0.1, 0.15) is 11.4 Å². The normalized spacial score (nSPS) is 11.1. The van der Waals surface area contributed by atoms with Gasteiger partial charge >= 0.3 is 0 Å². The Balaban J connectivity index is 1.27. The van der Waals surface area contributed by atoms with Gasteiger partial charge in [-0.1, -0.05) is 48.5 Å². The number of nitrogens with one attached hydrogen (secondary N) is 2. The number of rotatable bonds is 11. The van der Waals surface area contributed by atoms with Crippen molar-refractivity contribution in [2.45, 2.75) is 17.6 Å². The van der Waals surface area contributed by atoms with E-state index in [1.54, 1.807) is 46.8 Å². The second-order valence-electron chi connectivity index (χ2n) is 8.99. The lowest BCUT2D eigenvalue weighted by Crippen LogP contribution is -2.30. The van der Waals surface area contributed by atoms with Gasteiger partial charge in [0.2, 0.25) is 0 Å². The number of para-hydroxylation sites is 1. The summed E-state index contributed by atoms with van der Waals surface area (Å²) in [5.74, 6) is 1.18. The van der Waals surface area contributed by atoms with E-state index in [1.807, 2.05) is 91.9 Å². The smallest absolute Gasteiger partial charge is 0.272 e. The van der Waals surface area contributed by atoms with Crippen molar-refractivity contribution in [1.82, 2.24) is 25.5 Å². The number of aromatic nitrogens is 4. The molecule has 0 unspecified atom stereocenters. The van der Waals surface area contributed by atoms with Gasteiger partial charge in [0.25, 0.3) is 11.8 Å². The van der Waals surface area contributed by atoms with E-state index in [0.29, 0.717) is 23.6 Å². The van der Waals surface area contributed by atoms with Crippen molar-refractivity contribution in [3.8, 4) is 11.4 Å². The van der Waals surface area contributed by atoms with Crippen molar-refractivity contribution in [3.05, 3.63) is 132 Å². The van der Waals surface area contributed by atoms with Gasteiger partial charge in [-0.15, -0.1) is 16.9 Å². The van der Waals surface area contributed by atoms with E-state index >= 15 is 0 Å². The molecule has 1 aromatic heterocycles. The fourth-order valence-electron chi connectivity index (χ4n) is 3.98. The zero-order valence-electron chi connectivity index (χ0n) is 22.8. The van der Waals surface area contributed by atoms with Crippen LogP contribution in [0.2, 0.25) is 0 Å². The minimum Gasteiger partial charge on any atom is -0.494 e. The first-order valence-electron chi connectivity index (χ1n) is 13.3. The highest BCUT2D eigenvalue weighted by Gasteiger charge is 2.15. The van der Waals surface area contributed by atoms with Crippen LogP contribution in [0.25, 0.3) is 11.8 Å². The molecular formula is C32H28N6O3S. The number of ether oxygens (including phenoxy) is 1. The molecule has 9 nitrogen and oxygen atoms in total. The molecule has 1 heterocycles. The average molecular weight is 577 g/mol. The van der Waals surface area contributed by atoms with Gasteiger partial charge in [0, 0.05) is 16.1 Å². The van der Waals surface area contributed by atoms with Gasteiger partial charge in [-0.05, 0) is 89.7 Å². The van der Waals surface area contributed by atoms with Gasteiger partial charge < -0.3 is 15.4 Å². The zero-order valence-corrected chi connectivity index (χ0v) is 23.6. The maximum Gasteiger partial charge on any atom is 0.272 e. The third-order valence-electron chi connectivity index (χ3n) is 6.05. The van der Waals surface area contributed by atoms with Crippen molar-refractivity contribution in [3.63, 3.8) is 0 Å². The number of benzene rings is 4. The molecule has 0 atom stereocenters. The first-order chi connectivity index (χ1) is 20.6. The quantitative estimate of drug-likeness (QED) is 0.152. The molecule has 0 aliphatic carbocycles. The van der Waals surface area contributed by atoms with Crippen molar-refractivity contribution in [2.24, 2.45) is 0 Å². The summed E-state index contributed by atoms with van der Waals surface area (Å²) in [5, 5.41) is 17.7. The molecule has 0 saturated carbocycles. The van der Waals surface area contributed by atoms with E-state index in [4.69, 9.17) is 4.74 Å². The molecule has 42 heavy (non-hydrogen) atoms. The van der Waals surface area contributed by atoms with Crippen molar-refractivity contribution >= 4 is 35.3 Å². The van der Waals surface area contributed by atoms with E-state index in [-0.39, 0.29) is 11.6 Å². The standard InChI is InChI=1S/C32H28N6O3S/c1-2-41-27-17-13-23(14-18-27)21-29(34-31(39)24-9-5-3-6-10-24)32(40)33-25-15-19-28(20-16-25)42-22-30-35-36-37-38(30)26-11-7-4-8-12-26/h3-21H,2,22H2,1H3,(H,33,40)(H,34,39)/b29-21-. The largest absolute Gasteiger partial charge is 0.494 e. The van der Waals surface area contributed by atoms with Crippen LogP contribution in [0.1, 0.15) is 28.7 Å². The number of nitrogens with zero attached hydrogens (tertiary/aromatic N) is 4. The highest BCUT2D eigenvalue weighted by molar-refractivity contribution is 7.98. The van der Waals surface area contributed by atoms with Crippen molar-refractivity contribution in [1.29, 1.82) is 0 Å². The third kappa shape index (κ3) is 7.49. The van der Waals surface area contributed by atoms with Gasteiger partial charge in [-0.2, -0.15) is 4.68 Å². The van der Waals surface area contributed by atoms with Crippen molar-refractivity contribution in [2.75, 3.05) is 11.9 Å². The number of thioether (sulfide) groups is 1. The lowest BCUT2D eigenvalue weighted by atomic mass is 10.1. The predicted molar refractivity (Wildman–Crippen MR) is 163 cm³/mol. The summed E-state index contributed by atoms with van der Waals surface area (Å²) in [6, 6.07) is 33.2. The van der Waals surface area contributed by atoms with Crippen molar-refractivity contribution < 1.29 is 14.3 Å². The molecule has 4 aromatic carbocycles. The lowest BCUT2D eigenvalue weighted by molar-refractivity contribution is -0.113. The molecule has 2 N–H and O–H groups in total. The molecule has 5 aromatic rings. The summed E-state index contributed by atoms with van der Waals surface area (Å²) in [6.45, 7) is 2.47. The minimum atomic E-state index is -0.449. The van der Waals surface area contributed by atoms with Crippen LogP contribution in [0.4, 0.5) is 5.69 Å². The number of hydrogen-bond donors (Lipinski definition) is 2. The molecule has 0 bridgehead atoms. The summed E-state index contributed by atoms with van der Waals surface area (Å²) in [7, 11) is 0. The van der Waals surface area contributed by atoms with E-state index in [1.165, 1.54) is 0 Å². The Hall–Kier alpha value is -5.22. The maximum atomic E-state index is 13.3. The first-order valence-corrected chi connectivity index (χ1v) is 14.3. The molecule has 0 saturated heterocycles. The Bertz CT molecular complexity index is 1650. The number of anilines is 1. The van der Waals surface area contributed by atoms with Crippen LogP contribution in [0.3, 0.4) is 0 Å². The summed E-state index contributed by atoms with van der Waals surface area (Å²) in [4.78, 5) is 27.2. The van der Waals surface area contributed by atoms with Gasteiger partial charge in [0.05, 0.1) is 18.0 Å². The Morgan fingerprint density at radius 3 is 2.26 bits per heavy atom. The highest BCUT2D eigenvalue weighted by Crippen LogP contribution is 2.24. The highest BCUT2D eigenvalue weighted by atomic mass is 32.2. The molecule has 0 aliphatic heterocycles. The van der Waals surface area contributed by atoms with Gasteiger partial charge in [-0.3, -0.25) is 9.59 Å². The fourth-order valence-corrected chi connectivity index (χ4v) is 4.79. The molecule has 0 spiro atoms. The van der Waals surface area contributed by atoms with Crippen LogP contribution in [0.5, 0.6) is 5.75 Å². The van der Waals surface area contributed by atoms with E-state index in [0.717, 1.165) is 27.7 Å². The third-order valence-corrected chi connectivity index (χ3v) is 7.05. The molecule has 210 valence electrons. The molecule has 5 rings (SSSR count). The Morgan fingerprint density at radius 1 is 0.881 bits per heavy atom. The molecule has 0 radical (unpaired) electrons. The molecule has 0 aliphatic rings. The molecule has 2 amide bonds. The van der Waals surface area contributed by atoms with Crippen LogP contribution < -0.4 is 15.4 Å². The van der Waals surface area contributed by atoms with Crippen LogP contribution in [-0.2, 0) is 10.5 Å². The summed E-state index contributed by atoms with van der Waals surface area (Å²) >= 11 is 1.58. The summed E-state index contributed by atoms with van der Waals surface area (Å²) < 4.78 is 7.22. The second kappa shape index (κ2) is 13.9. The lowest BCUT2D eigenvalue weighted by Gasteiger charge is -2.12. The average Bonchev–Trinajstić information content (AvgIpc) is 3.51. The molecular weight excluding hydrogens is 548 g/mol. The zero-order chi connectivity index (χ0) is 29.1. The number of carbonyl (C=O) groups excluding carboxylic acids is 2. The molecule has 0 fully saturated rings. The monoisotopic (exact) mass is 576 g/mol. The Labute approximate surface area is 247 Å². The number of carbonyl (C=O) groups is 2. The first kappa shape index (κ1) is 28.3. The molecule has 10 heteroatoms. The SMILES string of the molecule is CCOc1ccc(/C=C(\NC(=O)c2ccccc2)C(=O)Nc2ccc(SCc3nnnn3-c3ccccc3)cc2)cc1. The number of amides is 2. The predicted octanol–water partition coefficient (Wildman–Crippen LogP) is 5.76. The van der Waals surface area contributed by atoms with E-state index < -0.39 is 5.91 Å². The number of hydrogen-bond acceptors (Lipinski definition) is 7. The van der Waals surface area contributed by atoms with Crippen LogP contribution in [0.15, 0.2) is 120 Å². The van der Waals surface area contributed by atoms with Crippen LogP contribution >= 0.6 is 11.8 Å². The minimum absolute atomic E-state index is 0.110. The summed E-state index contributed by atoms with van der Waals surface area (Å²) in [5.41, 5.74) is 2.78. The topological polar surface area (TPSA) is 111 Å². The fraction of sp³-hybridized carbons (Fsp3) is 0.0938.